The van der Waals surface area contributed by atoms with Crippen LogP contribution in [0.25, 0.3) is 10.9 Å². The Morgan fingerprint density at radius 1 is 1.25 bits per heavy atom. The Hall–Kier alpha value is -2.30. The van der Waals surface area contributed by atoms with Crippen LogP contribution in [0.4, 0.5) is 0 Å². The Morgan fingerprint density at radius 2 is 2.04 bits per heavy atom. The topological polar surface area (TPSA) is 65.2 Å². The predicted molar refractivity (Wildman–Crippen MR) is 92.8 cm³/mol. The molecule has 0 bridgehead atoms. The lowest BCUT2D eigenvalue weighted by Crippen LogP contribution is -2.49. The molecule has 2 fully saturated rings. The SMILES string of the molecule is CN1C(=O)CCC12CCC(NC(=O)c1ccc3[nH]ccc3c1)CC2. The molecule has 1 aromatic heterocycles. The zero-order valence-corrected chi connectivity index (χ0v) is 14.0. The molecule has 0 atom stereocenters. The Morgan fingerprint density at radius 3 is 2.75 bits per heavy atom. The molecule has 1 aromatic carbocycles. The molecular formula is C19H23N3O2. The molecule has 4 rings (SSSR count). The molecule has 1 aliphatic heterocycles. The van der Waals surface area contributed by atoms with Gasteiger partial charge in [0.05, 0.1) is 0 Å². The van der Waals surface area contributed by atoms with Gasteiger partial charge in [0.25, 0.3) is 5.91 Å². The summed E-state index contributed by atoms with van der Waals surface area (Å²) in [5.74, 6) is 0.257. The molecule has 24 heavy (non-hydrogen) atoms. The number of likely N-dealkylation sites (tertiary alicyclic amines) is 1. The lowest BCUT2D eigenvalue weighted by atomic mass is 9.78. The maximum Gasteiger partial charge on any atom is 0.251 e. The number of benzene rings is 1. The summed E-state index contributed by atoms with van der Waals surface area (Å²) in [7, 11) is 1.93. The van der Waals surface area contributed by atoms with E-state index in [0.717, 1.165) is 43.0 Å². The van der Waals surface area contributed by atoms with Crippen molar-refractivity contribution in [1.29, 1.82) is 0 Å². The van der Waals surface area contributed by atoms with Crippen LogP contribution in [0.2, 0.25) is 0 Å². The van der Waals surface area contributed by atoms with Crippen LogP contribution in [-0.4, -0.2) is 40.3 Å². The fourth-order valence-corrected chi connectivity index (χ4v) is 4.29. The van der Waals surface area contributed by atoms with Gasteiger partial charge in [0.1, 0.15) is 0 Å². The summed E-state index contributed by atoms with van der Waals surface area (Å²) >= 11 is 0. The molecule has 1 aliphatic carbocycles. The van der Waals surface area contributed by atoms with Crippen molar-refractivity contribution in [2.24, 2.45) is 0 Å². The highest BCUT2D eigenvalue weighted by Gasteiger charge is 2.45. The number of carbonyl (C=O) groups excluding carboxylic acids is 2. The number of aromatic nitrogens is 1. The monoisotopic (exact) mass is 325 g/mol. The maximum absolute atomic E-state index is 12.5. The van der Waals surface area contributed by atoms with Crippen LogP contribution in [0.15, 0.2) is 30.5 Å². The highest BCUT2D eigenvalue weighted by Crippen LogP contribution is 2.41. The van der Waals surface area contributed by atoms with Crippen molar-refractivity contribution >= 4 is 22.7 Å². The summed E-state index contributed by atoms with van der Waals surface area (Å²) in [5, 5.41) is 4.22. The Kier molecular flexibility index (Phi) is 3.59. The molecule has 2 heterocycles. The van der Waals surface area contributed by atoms with E-state index in [1.807, 2.05) is 42.4 Å². The number of hydrogen-bond donors (Lipinski definition) is 2. The molecule has 1 saturated heterocycles. The highest BCUT2D eigenvalue weighted by atomic mass is 16.2. The first-order chi connectivity index (χ1) is 11.6. The lowest BCUT2D eigenvalue weighted by molar-refractivity contribution is -0.130. The Labute approximate surface area is 141 Å². The van der Waals surface area contributed by atoms with Gasteiger partial charge in [-0.05, 0) is 56.4 Å². The van der Waals surface area contributed by atoms with Crippen LogP contribution in [0.3, 0.4) is 0 Å². The largest absolute Gasteiger partial charge is 0.361 e. The number of nitrogens with one attached hydrogen (secondary N) is 2. The summed E-state index contributed by atoms with van der Waals surface area (Å²) in [5.41, 5.74) is 1.79. The summed E-state index contributed by atoms with van der Waals surface area (Å²) in [6, 6.07) is 7.91. The molecule has 1 saturated carbocycles. The number of amides is 2. The van der Waals surface area contributed by atoms with Crippen LogP contribution in [0.1, 0.15) is 48.9 Å². The van der Waals surface area contributed by atoms with Gasteiger partial charge >= 0.3 is 0 Å². The van der Waals surface area contributed by atoms with Crippen LogP contribution < -0.4 is 5.32 Å². The number of rotatable bonds is 2. The Bertz CT molecular complexity index is 787. The van der Waals surface area contributed by atoms with Crippen molar-refractivity contribution < 1.29 is 9.59 Å². The first-order valence-electron chi connectivity index (χ1n) is 8.72. The molecule has 0 unspecified atom stereocenters. The number of carbonyl (C=O) groups is 2. The van der Waals surface area contributed by atoms with E-state index in [1.165, 1.54) is 0 Å². The Balaban J connectivity index is 1.40. The van der Waals surface area contributed by atoms with Crippen molar-refractivity contribution in [3.05, 3.63) is 36.0 Å². The van der Waals surface area contributed by atoms with Gasteiger partial charge in [0.2, 0.25) is 5.91 Å². The standard InChI is InChI=1S/C19H23N3O2/c1-22-17(23)6-10-19(22)8-4-15(5-9-19)21-18(24)14-2-3-16-13(12-14)7-11-20-16/h2-3,7,11-12,15,20H,4-6,8-10H2,1H3,(H,21,24). The van der Waals surface area contributed by atoms with Crippen molar-refractivity contribution in [2.75, 3.05) is 7.05 Å². The van der Waals surface area contributed by atoms with Gasteiger partial charge in [-0.3, -0.25) is 9.59 Å². The number of aromatic amines is 1. The van der Waals surface area contributed by atoms with Gasteiger partial charge in [0, 0.05) is 47.7 Å². The second kappa shape index (κ2) is 5.65. The molecule has 5 nitrogen and oxygen atoms in total. The summed E-state index contributed by atoms with van der Waals surface area (Å²) in [6.07, 6.45) is 7.36. The molecule has 5 heteroatoms. The minimum absolute atomic E-state index is 0.00472. The van der Waals surface area contributed by atoms with E-state index >= 15 is 0 Å². The average molecular weight is 325 g/mol. The van der Waals surface area contributed by atoms with E-state index in [-0.39, 0.29) is 23.4 Å². The maximum atomic E-state index is 12.5. The third-order valence-electron chi connectivity index (χ3n) is 5.96. The smallest absolute Gasteiger partial charge is 0.251 e. The molecule has 2 amide bonds. The lowest BCUT2D eigenvalue weighted by Gasteiger charge is -2.42. The van der Waals surface area contributed by atoms with E-state index in [9.17, 15) is 9.59 Å². The van der Waals surface area contributed by atoms with Gasteiger partial charge in [-0.25, -0.2) is 0 Å². The fraction of sp³-hybridized carbons (Fsp3) is 0.474. The first-order valence-corrected chi connectivity index (χ1v) is 8.72. The third kappa shape index (κ3) is 2.48. The number of H-pyrrole nitrogens is 1. The van der Waals surface area contributed by atoms with Crippen LogP contribution in [0, 0.1) is 0 Å². The van der Waals surface area contributed by atoms with E-state index < -0.39 is 0 Å². The van der Waals surface area contributed by atoms with Gasteiger partial charge in [0.15, 0.2) is 0 Å². The summed E-state index contributed by atoms with van der Waals surface area (Å²) in [4.78, 5) is 29.4. The summed E-state index contributed by atoms with van der Waals surface area (Å²) < 4.78 is 0. The van der Waals surface area contributed by atoms with E-state index in [1.54, 1.807) is 0 Å². The quantitative estimate of drug-likeness (QED) is 0.892. The molecule has 126 valence electrons. The van der Waals surface area contributed by atoms with Gasteiger partial charge in [-0.15, -0.1) is 0 Å². The normalized spacial score (nSPS) is 27.1. The zero-order valence-electron chi connectivity index (χ0n) is 14.0. The van der Waals surface area contributed by atoms with Crippen LogP contribution in [0.5, 0.6) is 0 Å². The van der Waals surface area contributed by atoms with Gasteiger partial charge < -0.3 is 15.2 Å². The molecular weight excluding hydrogens is 302 g/mol. The highest BCUT2D eigenvalue weighted by molar-refractivity contribution is 5.98. The van der Waals surface area contributed by atoms with E-state index in [4.69, 9.17) is 0 Å². The molecule has 2 aromatic rings. The average Bonchev–Trinajstić information content (AvgIpc) is 3.17. The first kappa shape index (κ1) is 15.2. The number of nitrogens with zero attached hydrogens (tertiary/aromatic N) is 1. The second-order valence-electron chi connectivity index (χ2n) is 7.20. The van der Waals surface area contributed by atoms with Crippen LogP contribution in [-0.2, 0) is 4.79 Å². The van der Waals surface area contributed by atoms with Gasteiger partial charge in [-0.2, -0.15) is 0 Å². The van der Waals surface area contributed by atoms with Crippen molar-refractivity contribution in [1.82, 2.24) is 15.2 Å². The molecule has 2 aliphatic rings. The third-order valence-corrected chi connectivity index (χ3v) is 5.96. The molecule has 2 N–H and O–H groups in total. The second-order valence-corrected chi connectivity index (χ2v) is 7.20. The van der Waals surface area contributed by atoms with Crippen molar-refractivity contribution in [2.45, 2.75) is 50.1 Å². The number of fused-ring (bicyclic) bond motifs is 1. The minimum Gasteiger partial charge on any atom is -0.361 e. The van der Waals surface area contributed by atoms with Crippen molar-refractivity contribution in [3.8, 4) is 0 Å². The number of hydrogen-bond acceptors (Lipinski definition) is 2. The molecule has 1 spiro atoms. The minimum atomic E-state index is -0.00472. The van der Waals surface area contributed by atoms with Crippen LogP contribution >= 0.6 is 0 Å². The summed E-state index contributed by atoms with van der Waals surface area (Å²) in [6.45, 7) is 0. The fourth-order valence-electron chi connectivity index (χ4n) is 4.29. The van der Waals surface area contributed by atoms with E-state index in [0.29, 0.717) is 12.0 Å². The van der Waals surface area contributed by atoms with E-state index in [2.05, 4.69) is 10.3 Å². The van der Waals surface area contributed by atoms with Gasteiger partial charge in [-0.1, -0.05) is 0 Å². The zero-order chi connectivity index (χ0) is 16.7. The predicted octanol–water partition coefficient (Wildman–Crippen LogP) is 2.83. The molecule has 0 radical (unpaired) electrons. The van der Waals surface area contributed by atoms with Crippen molar-refractivity contribution in [3.63, 3.8) is 0 Å².